The molecular weight excluding hydrogens is 212 g/mol. The minimum Gasteiger partial charge on any atom is -0.294 e. The molecule has 0 N–H and O–H groups in total. The summed E-state index contributed by atoms with van der Waals surface area (Å²) < 4.78 is 1.75. The molecule has 0 aliphatic rings. The SMILES string of the molecule is CC(C)C(=O)c1cnn(C)c1-c1ccccc1. The first-order valence-corrected chi connectivity index (χ1v) is 5.73. The van der Waals surface area contributed by atoms with Gasteiger partial charge in [-0.05, 0) is 0 Å². The van der Waals surface area contributed by atoms with Crippen molar-refractivity contribution in [3.05, 3.63) is 42.1 Å². The maximum Gasteiger partial charge on any atom is 0.169 e. The summed E-state index contributed by atoms with van der Waals surface area (Å²) in [7, 11) is 1.86. The Kier molecular flexibility index (Phi) is 3.09. The molecule has 17 heavy (non-hydrogen) atoms. The molecule has 3 heteroatoms. The monoisotopic (exact) mass is 228 g/mol. The molecule has 0 aliphatic carbocycles. The zero-order valence-corrected chi connectivity index (χ0v) is 10.3. The van der Waals surface area contributed by atoms with Gasteiger partial charge < -0.3 is 0 Å². The van der Waals surface area contributed by atoms with Gasteiger partial charge in [0, 0.05) is 18.5 Å². The third kappa shape index (κ3) is 2.13. The predicted octanol–water partition coefficient (Wildman–Crippen LogP) is 2.93. The molecule has 1 aromatic carbocycles. The van der Waals surface area contributed by atoms with Crippen LogP contribution in [0.3, 0.4) is 0 Å². The zero-order chi connectivity index (χ0) is 12.4. The Labute approximate surface area is 101 Å². The number of hydrogen-bond acceptors (Lipinski definition) is 2. The van der Waals surface area contributed by atoms with Gasteiger partial charge in [0.1, 0.15) is 0 Å². The highest BCUT2D eigenvalue weighted by Gasteiger charge is 2.19. The maximum absolute atomic E-state index is 12.1. The normalized spacial score (nSPS) is 10.8. The number of nitrogens with zero attached hydrogens (tertiary/aromatic N) is 2. The van der Waals surface area contributed by atoms with E-state index in [9.17, 15) is 4.79 Å². The molecule has 88 valence electrons. The lowest BCUT2D eigenvalue weighted by molar-refractivity contribution is 0.0940. The lowest BCUT2D eigenvalue weighted by atomic mass is 9.98. The molecule has 0 fully saturated rings. The highest BCUT2D eigenvalue weighted by molar-refractivity contribution is 6.02. The van der Waals surface area contributed by atoms with Crippen LogP contribution in [0.1, 0.15) is 24.2 Å². The van der Waals surface area contributed by atoms with Crippen molar-refractivity contribution in [3.8, 4) is 11.3 Å². The zero-order valence-electron chi connectivity index (χ0n) is 10.3. The number of hydrogen-bond donors (Lipinski definition) is 0. The fourth-order valence-corrected chi connectivity index (χ4v) is 1.87. The Bertz CT molecular complexity index is 526. The van der Waals surface area contributed by atoms with E-state index in [1.807, 2.05) is 51.2 Å². The van der Waals surface area contributed by atoms with E-state index in [1.54, 1.807) is 10.9 Å². The van der Waals surface area contributed by atoms with Crippen molar-refractivity contribution in [2.75, 3.05) is 0 Å². The van der Waals surface area contributed by atoms with E-state index in [-0.39, 0.29) is 11.7 Å². The van der Waals surface area contributed by atoms with Gasteiger partial charge in [0.2, 0.25) is 0 Å². The summed E-state index contributed by atoms with van der Waals surface area (Å²) in [6.45, 7) is 3.81. The number of aromatic nitrogens is 2. The van der Waals surface area contributed by atoms with Crippen LogP contribution in [-0.2, 0) is 7.05 Å². The molecule has 0 saturated carbocycles. The number of carbonyl (C=O) groups excluding carboxylic acids is 1. The summed E-state index contributed by atoms with van der Waals surface area (Å²) in [5, 5.41) is 4.19. The first-order chi connectivity index (χ1) is 8.11. The predicted molar refractivity (Wildman–Crippen MR) is 67.8 cm³/mol. The van der Waals surface area contributed by atoms with Crippen LogP contribution >= 0.6 is 0 Å². The molecule has 0 radical (unpaired) electrons. The Morgan fingerprint density at radius 3 is 2.47 bits per heavy atom. The molecular formula is C14H16N2O. The molecule has 0 atom stereocenters. The van der Waals surface area contributed by atoms with Gasteiger partial charge in [-0.15, -0.1) is 0 Å². The second-order valence-corrected chi connectivity index (χ2v) is 4.42. The third-order valence-corrected chi connectivity index (χ3v) is 2.78. The van der Waals surface area contributed by atoms with Gasteiger partial charge in [-0.1, -0.05) is 44.2 Å². The molecule has 1 heterocycles. The first-order valence-electron chi connectivity index (χ1n) is 5.73. The molecule has 0 spiro atoms. The van der Waals surface area contributed by atoms with Gasteiger partial charge in [0.25, 0.3) is 0 Å². The standard InChI is InChI=1S/C14H16N2O/c1-10(2)14(17)12-9-15-16(3)13(12)11-7-5-4-6-8-11/h4-10H,1-3H3. The fourth-order valence-electron chi connectivity index (χ4n) is 1.87. The van der Waals surface area contributed by atoms with Crippen LogP contribution in [0, 0.1) is 5.92 Å². The summed E-state index contributed by atoms with van der Waals surface area (Å²) in [6.07, 6.45) is 1.66. The minimum absolute atomic E-state index is 0.0123. The van der Waals surface area contributed by atoms with Crippen LogP contribution in [0.5, 0.6) is 0 Å². The summed E-state index contributed by atoms with van der Waals surface area (Å²) in [5.41, 5.74) is 2.62. The second-order valence-electron chi connectivity index (χ2n) is 4.42. The quantitative estimate of drug-likeness (QED) is 0.757. The summed E-state index contributed by atoms with van der Waals surface area (Å²) in [4.78, 5) is 12.1. The smallest absolute Gasteiger partial charge is 0.169 e. The van der Waals surface area contributed by atoms with Crippen molar-refractivity contribution < 1.29 is 4.79 Å². The van der Waals surface area contributed by atoms with Crippen molar-refractivity contribution >= 4 is 5.78 Å². The van der Waals surface area contributed by atoms with E-state index in [0.717, 1.165) is 11.3 Å². The summed E-state index contributed by atoms with van der Waals surface area (Å²) in [6, 6.07) is 9.88. The molecule has 1 aromatic heterocycles. The van der Waals surface area contributed by atoms with Crippen molar-refractivity contribution in [1.82, 2.24) is 9.78 Å². The lowest BCUT2D eigenvalue weighted by Gasteiger charge is -2.07. The number of aryl methyl sites for hydroxylation is 1. The lowest BCUT2D eigenvalue weighted by Crippen LogP contribution is -2.08. The van der Waals surface area contributed by atoms with Crippen molar-refractivity contribution in [2.45, 2.75) is 13.8 Å². The van der Waals surface area contributed by atoms with Gasteiger partial charge in [-0.3, -0.25) is 9.48 Å². The largest absolute Gasteiger partial charge is 0.294 e. The third-order valence-electron chi connectivity index (χ3n) is 2.78. The molecule has 0 aliphatic heterocycles. The molecule has 0 unspecified atom stereocenters. The van der Waals surface area contributed by atoms with Gasteiger partial charge in [-0.2, -0.15) is 5.10 Å². The van der Waals surface area contributed by atoms with Gasteiger partial charge >= 0.3 is 0 Å². The van der Waals surface area contributed by atoms with E-state index in [2.05, 4.69) is 5.10 Å². The van der Waals surface area contributed by atoms with Crippen LogP contribution in [0.2, 0.25) is 0 Å². The summed E-state index contributed by atoms with van der Waals surface area (Å²) in [5.74, 6) is 0.124. The Morgan fingerprint density at radius 2 is 1.88 bits per heavy atom. The van der Waals surface area contributed by atoms with Crippen molar-refractivity contribution in [3.63, 3.8) is 0 Å². The first kappa shape index (κ1) is 11.6. The van der Waals surface area contributed by atoms with Crippen molar-refractivity contribution in [1.29, 1.82) is 0 Å². The highest BCUT2D eigenvalue weighted by Crippen LogP contribution is 2.24. The highest BCUT2D eigenvalue weighted by atomic mass is 16.1. The van der Waals surface area contributed by atoms with Crippen molar-refractivity contribution in [2.24, 2.45) is 13.0 Å². The van der Waals surface area contributed by atoms with Gasteiger partial charge in [-0.25, -0.2) is 0 Å². The molecule has 0 bridgehead atoms. The minimum atomic E-state index is -0.0123. The van der Waals surface area contributed by atoms with Crippen LogP contribution in [0.25, 0.3) is 11.3 Å². The summed E-state index contributed by atoms with van der Waals surface area (Å²) >= 11 is 0. The van der Waals surface area contributed by atoms with E-state index in [0.29, 0.717) is 5.56 Å². The van der Waals surface area contributed by atoms with E-state index in [4.69, 9.17) is 0 Å². The average molecular weight is 228 g/mol. The Balaban J connectivity index is 2.55. The molecule has 3 nitrogen and oxygen atoms in total. The van der Waals surface area contributed by atoms with E-state index >= 15 is 0 Å². The number of ketones is 1. The number of benzene rings is 1. The van der Waals surface area contributed by atoms with Crippen LogP contribution in [0.4, 0.5) is 0 Å². The fraction of sp³-hybridized carbons (Fsp3) is 0.286. The molecule has 0 saturated heterocycles. The topological polar surface area (TPSA) is 34.9 Å². The Morgan fingerprint density at radius 1 is 1.24 bits per heavy atom. The van der Waals surface area contributed by atoms with Crippen LogP contribution in [-0.4, -0.2) is 15.6 Å². The number of carbonyl (C=O) groups is 1. The average Bonchev–Trinajstić information content (AvgIpc) is 2.71. The maximum atomic E-state index is 12.1. The molecule has 2 aromatic rings. The number of Topliss-reactive ketones (excluding diaryl/α,β-unsaturated/α-hetero) is 1. The molecule has 0 amide bonds. The van der Waals surface area contributed by atoms with Gasteiger partial charge in [0.15, 0.2) is 5.78 Å². The Hall–Kier alpha value is -1.90. The van der Waals surface area contributed by atoms with Gasteiger partial charge in [0.05, 0.1) is 17.5 Å². The van der Waals surface area contributed by atoms with Crippen LogP contribution < -0.4 is 0 Å². The second kappa shape index (κ2) is 4.53. The molecule has 2 rings (SSSR count). The van der Waals surface area contributed by atoms with Crippen LogP contribution in [0.15, 0.2) is 36.5 Å². The number of rotatable bonds is 3. The van der Waals surface area contributed by atoms with E-state index in [1.165, 1.54) is 0 Å². The van der Waals surface area contributed by atoms with E-state index < -0.39 is 0 Å².